The van der Waals surface area contributed by atoms with Gasteiger partial charge in [0, 0.05) is 42.6 Å². The zero-order valence-electron chi connectivity index (χ0n) is 13.6. The summed E-state index contributed by atoms with van der Waals surface area (Å²) in [6.45, 7) is 2.19. The van der Waals surface area contributed by atoms with Crippen molar-refractivity contribution in [1.82, 2.24) is 9.55 Å². The fourth-order valence-corrected chi connectivity index (χ4v) is 3.35. The number of carbonyl (C=O) groups excluding carboxylic acids is 1. The Morgan fingerprint density at radius 2 is 2.12 bits per heavy atom. The largest absolute Gasteiger partial charge is 0.374 e. The molecule has 2 aromatic heterocycles. The van der Waals surface area contributed by atoms with Crippen LogP contribution in [0.2, 0.25) is 0 Å². The van der Waals surface area contributed by atoms with E-state index in [1.807, 2.05) is 36.5 Å². The van der Waals surface area contributed by atoms with Crippen LogP contribution in [-0.2, 0) is 16.1 Å². The van der Waals surface area contributed by atoms with E-state index in [0.29, 0.717) is 6.54 Å². The summed E-state index contributed by atoms with van der Waals surface area (Å²) in [5, 5.41) is 4.82. The molecule has 0 aliphatic carbocycles. The fourth-order valence-electron chi connectivity index (χ4n) is 2.56. The van der Waals surface area contributed by atoms with Crippen molar-refractivity contribution in [2.24, 2.45) is 0 Å². The highest BCUT2D eigenvalue weighted by molar-refractivity contribution is 7.10. The summed E-state index contributed by atoms with van der Waals surface area (Å²) < 4.78 is 7.72. The van der Waals surface area contributed by atoms with Gasteiger partial charge in [-0.2, -0.15) is 0 Å². The molecule has 3 rings (SSSR count). The van der Waals surface area contributed by atoms with E-state index in [4.69, 9.17) is 4.74 Å². The number of methoxy groups -OCH3 is 1. The Morgan fingerprint density at radius 3 is 2.75 bits per heavy atom. The molecule has 2 heterocycles. The van der Waals surface area contributed by atoms with Crippen molar-refractivity contribution in [3.05, 3.63) is 59.0 Å². The summed E-state index contributed by atoms with van der Waals surface area (Å²) in [6, 6.07) is 11.8. The molecule has 124 valence electrons. The van der Waals surface area contributed by atoms with Gasteiger partial charge in [0.05, 0.1) is 6.54 Å². The molecule has 0 saturated heterocycles. The van der Waals surface area contributed by atoms with Crippen LogP contribution in [0.3, 0.4) is 0 Å². The van der Waals surface area contributed by atoms with Crippen molar-refractivity contribution >= 4 is 22.9 Å². The lowest BCUT2D eigenvalue weighted by Crippen LogP contribution is -2.10. The first kappa shape index (κ1) is 16.4. The van der Waals surface area contributed by atoms with Gasteiger partial charge in [-0.3, -0.25) is 4.79 Å². The van der Waals surface area contributed by atoms with Crippen molar-refractivity contribution in [2.45, 2.75) is 19.6 Å². The molecule has 24 heavy (non-hydrogen) atoms. The van der Waals surface area contributed by atoms with Crippen LogP contribution in [0, 0.1) is 0 Å². The van der Waals surface area contributed by atoms with Gasteiger partial charge in [0.25, 0.3) is 0 Å². The SMILES string of the molecule is COC(Cn1ccnc1-c1ccc(NC(C)=O)cc1)c1cccs1. The molecule has 5 nitrogen and oxygen atoms in total. The van der Waals surface area contributed by atoms with Gasteiger partial charge < -0.3 is 14.6 Å². The Labute approximate surface area is 144 Å². The molecule has 3 aromatic rings. The number of anilines is 1. The van der Waals surface area contributed by atoms with E-state index in [2.05, 4.69) is 26.3 Å². The van der Waals surface area contributed by atoms with Gasteiger partial charge in [-0.1, -0.05) is 6.07 Å². The zero-order chi connectivity index (χ0) is 16.9. The quantitative estimate of drug-likeness (QED) is 0.738. The van der Waals surface area contributed by atoms with Crippen LogP contribution < -0.4 is 5.32 Å². The fraction of sp³-hybridized carbons (Fsp3) is 0.222. The van der Waals surface area contributed by atoms with Crippen LogP contribution in [0.5, 0.6) is 0 Å². The molecule has 1 atom stereocenters. The molecule has 1 unspecified atom stereocenters. The van der Waals surface area contributed by atoms with E-state index in [0.717, 1.165) is 17.1 Å². The molecule has 0 fully saturated rings. The standard InChI is InChI=1S/C18H19N3O2S/c1-13(22)20-15-7-5-14(6-8-15)18-19-9-10-21(18)12-16(23-2)17-4-3-11-24-17/h3-11,16H,12H2,1-2H3,(H,20,22). The molecule has 0 aliphatic rings. The summed E-state index contributed by atoms with van der Waals surface area (Å²) in [5.74, 6) is 0.797. The number of hydrogen-bond donors (Lipinski definition) is 1. The highest BCUT2D eigenvalue weighted by Gasteiger charge is 2.15. The van der Waals surface area contributed by atoms with E-state index in [1.165, 1.54) is 11.8 Å². The second-order valence-electron chi connectivity index (χ2n) is 5.40. The molecule has 1 N–H and O–H groups in total. The van der Waals surface area contributed by atoms with Crippen LogP contribution in [0.25, 0.3) is 11.4 Å². The Morgan fingerprint density at radius 1 is 1.33 bits per heavy atom. The number of aromatic nitrogens is 2. The Hall–Kier alpha value is -2.44. The normalized spacial score (nSPS) is 12.1. The number of nitrogens with one attached hydrogen (secondary N) is 1. The number of benzene rings is 1. The molecule has 0 aliphatic heterocycles. The molecular formula is C18H19N3O2S. The first-order valence-corrected chi connectivity index (χ1v) is 8.50. The van der Waals surface area contributed by atoms with Crippen LogP contribution in [0.15, 0.2) is 54.2 Å². The number of amides is 1. The van der Waals surface area contributed by atoms with Crippen molar-refractivity contribution in [3.8, 4) is 11.4 Å². The average molecular weight is 341 g/mol. The molecule has 6 heteroatoms. The number of carbonyl (C=O) groups is 1. The van der Waals surface area contributed by atoms with Gasteiger partial charge >= 0.3 is 0 Å². The number of nitrogens with zero attached hydrogens (tertiary/aromatic N) is 2. The third kappa shape index (κ3) is 3.72. The van der Waals surface area contributed by atoms with Crippen molar-refractivity contribution in [2.75, 3.05) is 12.4 Å². The number of hydrogen-bond acceptors (Lipinski definition) is 4. The predicted molar refractivity (Wildman–Crippen MR) is 96.0 cm³/mol. The summed E-state index contributed by atoms with van der Waals surface area (Å²) in [5.41, 5.74) is 1.77. The molecule has 0 spiro atoms. The van der Waals surface area contributed by atoms with Crippen molar-refractivity contribution in [3.63, 3.8) is 0 Å². The highest BCUT2D eigenvalue weighted by Crippen LogP contribution is 2.26. The van der Waals surface area contributed by atoms with E-state index < -0.39 is 0 Å². The average Bonchev–Trinajstić information content (AvgIpc) is 3.24. The first-order valence-electron chi connectivity index (χ1n) is 7.62. The number of imidazole rings is 1. The molecule has 0 radical (unpaired) electrons. The van der Waals surface area contributed by atoms with Crippen molar-refractivity contribution in [1.29, 1.82) is 0 Å². The predicted octanol–water partition coefficient (Wildman–Crippen LogP) is 3.96. The third-order valence-electron chi connectivity index (χ3n) is 3.69. The zero-order valence-corrected chi connectivity index (χ0v) is 14.4. The monoisotopic (exact) mass is 341 g/mol. The molecule has 0 saturated carbocycles. The lowest BCUT2D eigenvalue weighted by Gasteiger charge is -2.16. The minimum atomic E-state index is -0.0804. The topological polar surface area (TPSA) is 56.1 Å². The second-order valence-corrected chi connectivity index (χ2v) is 6.38. The van der Waals surface area contributed by atoms with Crippen LogP contribution in [0.4, 0.5) is 5.69 Å². The van der Waals surface area contributed by atoms with Crippen LogP contribution >= 0.6 is 11.3 Å². The Balaban J connectivity index is 1.81. The summed E-state index contributed by atoms with van der Waals surface area (Å²) in [4.78, 5) is 16.8. The smallest absolute Gasteiger partial charge is 0.221 e. The van der Waals surface area contributed by atoms with Gasteiger partial charge in [0.1, 0.15) is 11.9 Å². The third-order valence-corrected chi connectivity index (χ3v) is 4.65. The van der Waals surface area contributed by atoms with Gasteiger partial charge in [0.15, 0.2) is 0 Å². The maximum Gasteiger partial charge on any atom is 0.221 e. The summed E-state index contributed by atoms with van der Waals surface area (Å²) in [7, 11) is 1.73. The lowest BCUT2D eigenvalue weighted by atomic mass is 10.2. The maximum absolute atomic E-state index is 11.1. The summed E-state index contributed by atoms with van der Waals surface area (Å²) >= 11 is 1.69. The number of thiophene rings is 1. The number of ether oxygens (including phenoxy) is 1. The second kappa shape index (κ2) is 7.42. The van der Waals surface area contributed by atoms with E-state index >= 15 is 0 Å². The van der Waals surface area contributed by atoms with Gasteiger partial charge in [-0.25, -0.2) is 4.98 Å². The highest BCUT2D eigenvalue weighted by atomic mass is 32.1. The molecular weight excluding hydrogens is 322 g/mol. The lowest BCUT2D eigenvalue weighted by molar-refractivity contribution is -0.114. The van der Waals surface area contributed by atoms with Gasteiger partial charge in [-0.15, -0.1) is 11.3 Å². The van der Waals surface area contributed by atoms with E-state index in [1.54, 1.807) is 24.6 Å². The Kier molecular flexibility index (Phi) is 5.08. The number of rotatable bonds is 6. The first-order chi connectivity index (χ1) is 11.7. The van der Waals surface area contributed by atoms with Gasteiger partial charge in [-0.05, 0) is 35.7 Å². The molecule has 1 aromatic carbocycles. The van der Waals surface area contributed by atoms with Crippen LogP contribution in [0.1, 0.15) is 17.9 Å². The molecule has 1 amide bonds. The Bertz CT molecular complexity index is 794. The molecule has 0 bridgehead atoms. The minimum Gasteiger partial charge on any atom is -0.374 e. The van der Waals surface area contributed by atoms with E-state index in [-0.39, 0.29) is 12.0 Å². The van der Waals surface area contributed by atoms with Gasteiger partial charge in [0.2, 0.25) is 5.91 Å². The maximum atomic E-state index is 11.1. The van der Waals surface area contributed by atoms with E-state index in [9.17, 15) is 4.79 Å². The van der Waals surface area contributed by atoms with Crippen LogP contribution in [-0.4, -0.2) is 22.6 Å². The summed E-state index contributed by atoms with van der Waals surface area (Å²) in [6.07, 6.45) is 3.74. The van der Waals surface area contributed by atoms with Crippen molar-refractivity contribution < 1.29 is 9.53 Å². The minimum absolute atomic E-state index is 0.00315.